The van der Waals surface area contributed by atoms with Crippen molar-refractivity contribution >= 4 is 17.6 Å². The Hall–Kier alpha value is -0.810. The van der Waals surface area contributed by atoms with Crippen LogP contribution in [-0.4, -0.2) is 34.5 Å². The van der Waals surface area contributed by atoms with Gasteiger partial charge in [-0.25, -0.2) is 9.97 Å². The Morgan fingerprint density at radius 3 is 2.67 bits per heavy atom. The Bertz CT molecular complexity index is 331. The molecule has 0 amide bonds. The Labute approximate surface area is 94.5 Å². The highest BCUT2D eigenvalue weighted by Crippen LogP contribution is 2.24. The minimum atomic E-state index is 0.171. The number of aliphatic hydroxyl groups excluding tert-OH is 1. The van der Waals surface area contributed by atoms with E-state index in [1.165, 1.54) is 0 Å². The van der Waals surface area contributed by atoms with Crippen molar-refractivity contribution in [3.8, 4) is 0 Å². The molecule has 0 atom stereocenters. The van der Waals surface area contributed by atoms with Gasteiger partial charge in [-0.1, -0.05) is 6.92 Å². The van der Waals surface area contributed by atoms with Crippen molar-refractivity contribution in [3.63, 3.8) is 0 Å². The summed E-state index contributed by atoms with van der Waals surface area (Å²) in [6.45, 7) is 4.19. The second-order valence-corrected chi connectivity index (χ2v) is 4.18. The van der Waals surface area contributed by atoms with Gasteiger partial charge in [0.2, 0.25) is 0 Å². The monoisotopic (exact) mass is 227 g/mol. The smallest absolute Gasteiger partial charge is 0.133 e. The number of nitrogens with zero attached hydrogens (tertiary/aromatic N) is 2. The highest BCUT2D eigenvalue weighted by Gasteiger charge is 2.09. The minimum absolute atomic E-state index is 0.171. The van der Waals surface area contributed by atoms with Crippen molar-refractivity contribution in [1.82, 2.24) is 9.97 Å². The summed E-state index contributed by atoms with van der Waals surface area (Å²) in [5.41, 5.74) is 1.05. The number of thioether (sulfide) groups is 1. The van der Waals surface area contributed by atoms with Crippen molar-refractivity contribution < 1.29 is 5.11 Å². The summed E-state index contributed by atoms with van der Waals surface area (Å²) in [4.78, 5) is 8.82. The molecule has 5 heteroatoms. The average molecular weight is 227 g/mol. The topological polar surface area (TPSA) is 58.0 Å². The third kappa shape index (κ3) is 3.07. The van der Waals surface area contributed by atoms with Crippen LogP contribution in [-0.2, 0) is 6.42 Å². The van der Waals surface area contributed by atoms with Gasteiger partial charge in [-0.2, -0.15) is 0 Å². The molecule has 1 aromatic heterocycles. The summed E-state index contributed by atoms with van der Waals surface area (Å²) >= 11 is 1.56. The summed E-state index contributed by atoms with van der Waals surface area (Å²) < 4.78 is 0. The van der Waals surface area contributed by atoms with Crippen molar-refractivity contribution in [1.29, 1.82) is 0 Å². The van der Waals surface area contributed by atoms with Crippen LogP contribution in [0.4, 0.5) is 5.82 Å². The van der Waals surface area contributed by atoms with Crippen LogP contribution in [0.1, 0.15) is 18.3 Å². The SMILES string of the molecule is CCc1nc(NC)c(C)c(SCCO)n1. The van der Waals surface area contributed by atoms with Crippen molar-refractivity contribution in [3.05, 3.63) is 11.4 Å². The van der Waals surface area contributed by atoms with Crippen molar-refractivity contribution in [2.45, 2.75) is 25.3 Å². The van der Waals surface area contributed by atoms with Crippen LogP contribution in [0.15, 0.2) is 5.03 Å². The second-order valence-electron chi connectivity index (χ2n) is 3.09. The first kappa shape index (κ1) is 12.3. The lowest BCUT2D eigenvalue weighted by molar-refractivity contribution is 0.322. The molecule has 0 fully saturated rings. The molecule has 1 rings (SSSR count). The van der Waals surface area contributed by atoms with Gasteiger partial charge < -0.3 is 10.4 Å². The molecule has 4 nitrogen and oxygen atoms in total. The Kier molecular flexibility index (Phi) is 4.84. The maximum atomic E-state index is 8.79. The predicted octanol–water partition coefficient (Wildman–Crippen LogP) is 1.47. The zero-order valence-corrected chi connectivity index (χ0v) is 10.2. The zero-order chi connectivity index (χ0) is 11.3. The van der Waals surface area contributed by atoms with E-state index >= 15 is 0 Å². The van der Waals surface area contributed by atoms with Crippen LogP contribution in [0.5, 0.6) is 0 Å². The lowest BCUT2D eigenvalue weighted by Crippen LogP contribution is -2.04. The summed E-state index contributed by atoms with van der Waals surface area (Å²) in [5.74, 6) is 2.39. The van der Waals surface area contributed by atoms with E-state index in [2.05, 4.69) is 15.3 Å². The van der Waals surface area contributed by atoms with E-state index < -0.39 is 0 Å². The summed E-state index contributed by atoms with van der Waals surface area (Å²) in [7, 11) is 1.86. The largest absolute Gasteiger partial charge is 0.396 e. The average Bonchev–Trinajstić information content (AvgIpc) is 2.27. The predicted molar refractivity (Wildman–Crippen MR) is 63.5 cm³/mol. The van der Waals surface area contributed by atoms with E-state index in [0.29, 0.717) is 5.75 Å². The molecule has 0 saturated carbocycles. The van der Waals surface area contributed by atoms with Gasteiger partial charge in [0.25, 0.3) is 0 Å². The van der Waals surface area contributed by atoms with Gasteiger partial charge in [-0.05, 0) is 6.92 Å². The van der Waals surface area contributed by atoms with Crippen molar-refractivity contribution in [2.24, 2.45) is 0 Å². The first-order chi connectivity index (χ1) is 7.22. The fraction of sp³-hybridized carbons (Fsp3) is 0.600. The summed E-state index contributed by atoms with van der Waals surface area (Å²) in [6, 6.07) is 0. The summed E-state index contributed by atoms with van der Waals surface area (Å²) in [5, 5.41) is 12.8. The lowest BCUT2D eigenvalue weighted by atomic mass is 10.3. The molecule has 15 heavy (non-hydrogen) atoms. The molecular formula is C10H17N3OS. The number of hydrogen-bond donors (Lipinski definition) is 2. The molecule has 0 radical (unpaired) electrons. The molecule has 0 aliphatic rings. The number of nitrogens with one attached hydrogen (secondary N) is 1. The molecule has 84 valence electrons. The summed E-state index contributed by atoms with van der Waals surface area (Å²) in [6.07, 6.45) is 0.821. The lowest BCUT2D eigenvalue weighted by Gasteiger charge is -2.10. The number of aryl methyl sites for hydroxylation is 1. The van der Waals surface area contributed by atoms with E-state index in [-0.39, 0.29) is 6.61 Å². The molecule has 0 spiro atoms. The van der Waals surface area contributed by atoms with Gasteiger partial charge in [-0.15, -0.1) is 11.8 Å². The molecule has 0 unspecified atom stereocenters. The Balaban J connectivity index is 3.01. The molecule has 0 saturated heterocycles. The minimum Gasteiger partial charge on any atom is -0.396 e. The highest BCUT2D eigenvalue weighted by atomic mass is 32.2. The van der Waals surface area contributed by atoms with Crippen LogP contribution in [0.25, 0.3) is 0 Å². The number of hydrogen-bond acceptors (Lipinski definition) is 5. The van der Waals surface area contributed by atoms with Crippen LogP contribution in [0, 0.1) is 6.92 Å². The standard InChI is InChI=1S/C10H17N3OS/c1-4-8-12-9(11-3)7(2)10(13-8)15-6-5-14/h14H,4-6H2,1-3H3,(H,11,12,13). The maximum Gasteiger partial charge on any atom is 0.133 e. The fourth-order valence-electron chi connectivity index (χ4n) is 1.22. The van der Waals surface area contributed by atoms with Gasteiger partial charge in [0.15, 0.2) is 0 Å². The van der Waals surface area contributed by atoms with Crippen LogP contribution in [0.2, 0.25) is 0 Å². The second kappa shape index (κ2) is 5.92. The first-order valence-electron chi connectivity index (χ1n) is 5.01. The molecule has 2 N–H and O–H groups in total. The maximum absolute atomic E-state index is 8.79. The van der Waals surface area contributed by atoms with Crippen LogP contribution < -0.4 is 5.32 Å². The highest BCUT2D eigenvalue weighted by molar-refractivity contribution is 7.99. The normalized spacial score (nSPS) is 10.4. The molecule has 0 aliphatic heterocycles. The Morgan fingerprint density at radius 2 is 2.13 bits per heavy atom. The van der Waals surface area contributed by atoms with Gasteiger partial charge in [0.05, 0.1) is 6.61 Å². The van der Waals surface area contributed by atoms with E-state index in [1.54, 1.807) is 11.8 Å². The molecule has 0 bridgehead atoms. The van der Waals surface area contributed by atoms with Gasteiger partial charge >= 0.3 is 0 Å². The first-order valence-corrected chi connectivity index (χ1v) is 6.00. The quantitative estimate of drug-likeness (QED) is 0.589. The van der Waals surface area contributed by atoms with E-state index in [1.807, 2.05) is 20.9 Å². The van der Waals surface area contributed by atoms with Crippen LogP contribution >= 0.6 is 11.8 Å². The van der Waals surface area contributed by atoms with E-state index in [4.69, 9.17) is 5.11 Å². The number of rotatable bonds is 5. The third-order valence-corrected chi connectivity index (χ3v) is 3.09. The molecule has 0 aromatic carbocycles. The number of anilines is 1. The zero-order valence-electron chi connectivity index (χ0n) is 9.37. The van der Waals surface area contributed by atoms with Gasteiger partial charge in [0, 0.05) is 24.8 Å². The molecule has 1 aromatic rings. The van der Waals surface area contributed by atoms with Gasteiger partial charge in [0.1, 0.15) is 16.7 Å². The molecule has 0 aliphatic carbocycles. The van der Waals surface area contributed by atoms with Crippen LogP contribution in [0.3, 0.4) is 0 Å². The van der Waals surface area contributed by atoms with E-state index in [9.17, 15) is 0 Å². The van der Waals surface area contributed by atoms with Crippen molar-refractivity contribution in [2.75, 3.05) is 24.7 Å². The number of aromatic nitrogens is 2. The third-order valence-electron chi connectivity index (χ3n) is 2.03. The Morgan fingerprint density at radius 1 is 1.40 bits per heavy atom. The number of aliphatic hydroxyl groups is 1. The molecular weight excluding hydrogens is 210 g/mol. The van der Waals surface area contributed by atoms with E-state index in [0.717, 1.165) is 28.7 Å². The molecule has 1 heterocycles. The van der Waals surface area contributed by atoms with Gasteiger partial charge in [-0.3, -0.25) is 0 Å². The fourth-order valence-corrected chi connectivity index (χ4v) is 1.99.